The Kier molecular flexibility index (Phi) is 4.59. The molecule has 1 aliphatic rings. The average Bonchev–Trinajstić information content (AvgIpc) is 2.50. The van der Waals surface area contributed by atoms with Gasteiger partial charge >= 0.3 is 5.97 Å². The zero-order chi connectivity index (χ0) is 16.3. The van der Waals surface area contributed by atoms with Gasteiger partial charge in [-0.05, 0) is 12.5 Å². The van der Waals surface area contributed by atoms with Gasteiger partial charge in [-0.15, -0.1) is 0 Å². The van der Waals surface area contributed by atoms with Crippen LogP contribution in [0.25, 0.3) is 0 Å². The average molecular weight is 305 g/mol. The Morgan fingerprint density at radius 2 is 2.00 bits per heavy atom. The summed E-state index contributed by atoms with van der Waals surface area (Å²) in [5.74, 6) is -2.52. The van der Waals surface area contributed by atoms with Gasteiger partial charge in [-0.3, -0.25) is 19.7 Å². The Balaban J connectivity index is 2.49. The highest BCUT2D eigenvalue weighted by molar-refractivity contribution is 5.88. The van der Waals surface area contributed by atoms with Crippen LogP contribution in [0.3, 0.4) is 0 Å². The second kappa shape index (κ2) is 6.25. The molecule has 0 spiro atoms. The molecular weight excluding hydrogens is 286 g/mol. The number of nitrogens with zero attached hydrogens (tertiary/aromatic N) is 1. The van der Waals surface area contributed by atoms with Crippen LogP contribution in [0.4, 0.5) is 0 Å². The topological polar surface area (TPSA) is 86.5 Å². The van der Waals surface area contributed by atoms with E-state index in [9.17, 15) is 19.7 Å². The van der Waals surface area contributed by atoms with Crippen LogP contribution >= 0.6 is 0 Å². The van der Waals surface area contributed by atoms with Crippen molar-refractivity contribution in [3.8, 4) is 0 Å². The lowest BCUT2D eigenvalue weighted by atomic mass is 9.64. The van der Waals surface area contributed by atoms with Crippen LogP contribution in [0.1, 0.15) is 38.2 Å². The largest absolute Gasteiger partial charge is 0.466 e. The number of ether oxygens (including phenoxy) is 1. The summed E-state index contributed by atoms with van der Waals surface area (Å²) in [6, 6.07) is 8.86. The third-order valence-electron chi connectivity index (χ3n) is 4.44. The highest BCUT2D eigenvalue weighted by Gasteiger charge is 2.60. The summed E-state index contributed by atoms with van der Waals surface area (Å²) in [6.45, 7) is 3.22. The van der Waals surface area contributed by atoms with E-state index >= 15 is 0 Å². The van der Waals surface area contributed by atoms with Gasteiger partial charge in [-0.2, -0.15) is 0 Å². The van der Waals surface area contributed by atoms with E-state index in [1.54, 1.807) is 37.3 Å². The minimum Gasteiger partial charge on any atom is -0.466 e. The highest BCUT2D eigenvalue weighted by Crippen LogP contribution is 2.45. The number of nitro groups is 1. The van der Waals surface area contributed by atoms with E-state index < -0.39 is 28.3 Å². The van der Waals surface area contributed by atoms with Gasteiger partial charge in [-0.25, -0.2) is 0 Å². The maximum atomic E-state index is 12.2. The van der Waals surface area contributed by atoms with Crippen molar-refractivity contribution in [3.63, 3.8) is 0 Å². The zero-order valence-corrected chi connectivity index (χ0v) is 12.7. The molecule has 3 atom stereocenters. The molecule has 1 fully saturated rings. The molecule has 6 nitrogen and oxygen atoms in total. The Labute approximate surface area is 128 Å². The van der Waals surface area contributed by atoms with E-state index in [4.69, 9.17) is 4.74 Å². The molecule has 118 valence electrons. The molecule has 0 N–H and O–H groups in total. The van der Waals surface area contributed by atoms with Crippen LogP contribution in [-0.2, 0) is 14.3 Å². The number of ketones is 1. The molecule has 1 aliphatic carbocycles. The first-order valence-corrected chi connectivity index (χ1v) is 7.29. The summed E-state index contributed by atoms with van der Waals surface area (Å²) in [7, 11) is 0. The van der Waals surface area contributed by atoms with Gasteiger partial charge in [0.05, 0.1) is 12.5 Å². The Bertz CT molecular complexity index is 585. The SMILES string of the molecule is CCOC(=O)C1CC(=O)CC(c2ccccc2)C1(C)[N+](=O)[O-]. The molecular formula is C16H19NO5. The van der Waals surface area contributed by atoms with Crippen molar-refractivity contribution in [2.75, 3.05) is 6.61 Å². The first-order chi connectivity index (χ1) is 10.4. The van der Waals surface area contributed by atoms with Gasteiger partial charge in [0.15, 0.2) is 0 Å². The van der Waals surface area contributed by atoms with Gasteiger partial charge in [0.1, 0.15) is 11.7 Å². The van der Waals surface area contributed by atoms with Crippen molar-refractivity contribution in [1.82, 2.24) is 0 Å². The van der Waals surface area contributed by atoms with E-state index in [0.29, 0.717) is 5.56 Å². The number of benzene rings is 1. The van der Waals surface area contributed by atoms with Crippen molar-refractivity contribution in [2.45, 2.75) is 38.1 Å². The highest BCUT2D eigenvalue weighted by atomic mass is 16.6. The number of rotatable bonds is 4. The third-order valence-corrected chi connectivity index (χ3v) is 4.44. The Hall–Kier alpha value is -2.24. The molecule has 1 aromatic rings. The number of hydrogen-bond acceptors (Lipinski definition) is 5. The van der Waals surface area contributed by atoms with Crippen molar-refractivity contribution < 1.29 is 19.2 Å². The quantitative estimate of drug-likeness (QED) is 0.484. The van der Waals surface area contributed by atoms with E-state index in [0.717, 1.165) is 0 Å². The summed E-state index contributed by atoms with van der Waals surface area (Å²) in [5.41, 5.74) is -0.856. The van der Waals surface area contributed by atoms with Crippen molar-refractivity contribution in [1.29, 1.82) is 0 Å². The molecule has 3 unspecified atom stereocenters. The molecule has 1 saturated carbocycles. The molecule has 0 amide bonds. The first kappa shape index (κ1) is 16.1. The van der Waals surface area contributed by atoms with Crippen LogP contribution in [0, 0.1) is 16.0 Å². The minimum atomic E-state index is -1.55. The molecule has 0 aromatic heterocycles. The predicted octanol–water partition coefficient (Wildman–Crippen LogP) is 2.35. The fraction of sp³-hybridized carbons (Fsp3) is 0.500. The lowest BCUT2D eigenvalue weighted by Gasteiger charge is -2.38. The maximum absolute atomic E-state index is 12.2. The van der Waals surface area contributed by atoms with Crippen LogP contribution in [0.15, 0.2) is 30.3 Å². The van der Waals surface area contributed by atoms with Crippen LogP contribution in [0.2, 0.25) is 0 Å². The summed E-state index contributed by atoms with van der Waals surface area (Å²) in [5, 5.41) is 11.8. The standard InChI is InChI=1S/C16H19NO5/c1-3-22-15(19)14-10-12(18)9-13(16(14,2)17(20)21)11-7-5-4-6-8-11/h4-8,13-14H,3,9-10H2,1-2H3. The van der Waals surface area contributed by atoms with Gasteiger partial charge in [0.25, 0.3) is 0 Å². The monoisotopic (exact) mass is 305 g/mol. The zero-order valence-electron chi connectivity index (χ0n) is 12.7. The number of carbonyl (C=O) groups is 2. The smallest absolute Gasteiger partial charge is 0.316 e. The molecule has 22 heavy (non-hydrogen) atoms. The van der Waals surface area contributed by atoms with Crippen LogP contribution in [-0.4, -0.2) is 28.8 Å². The molecule has 0 bridgehead atoms. The molecule has 0 saturated heterocycles. The maximum Gasteiger partial charge on any atom is 0.316 e. The summed E-state index contributed by atoms with van der Waals surface area (Å²) >= 11 is 0. The normalized spacial score (nSPS) is 28.2. The number of Topliss-reactive ketones (excluding diaryl/α,β-unsaturated/α-hetero) is 1. The van der Waals surface area contributed by atoms with Crippen molar-refractivity contribution in [2.24, 2.45) is 5.92 Å². The molecule has 0 aliphatic heterocycles. The minimum absolute atomic E-state index is 0.0669. The predicted molar refractivity (Wildman–Crippen MR) is 78.9 cm³/mol. The Morgan fingerprint density at radius 3 is 2.55 bits per heavy atom. The number of hydrogen-bond donors (Lipinski definition) is 0. The molecule has 6 heteroatoms. The van der Waals surface area contributed by atoms with Gasteiger partial charge in [0, 0.05) is 24.7 Å². The molecule has 0 heterocycles. The van der Waals surface area contributed by atoms with Gasteiger partial charge in [0.2, 0.25) is 5.54 Å². The molecule has 2 rings (SSSR count). The van der Waals surface area contributed by atoms with Crippen LogP contribution < -0.4 is 0 Å². The van der Waals surface area contributed by atoms with Crippen molar-refractivity contribution in [3.05, 3.63) is 46.0 Å². The molecule has 1 aromatic carbocycles. The van der Waals surface area contributed by atoms with E-state index in [2.05, 4.69) is 0 Å². The first-order valence-electron chi connectivity index (χ1n) is 7.29. The van der Waals surface area contributed by atoms with Gasteiger partial charge < -0.3 is 4.74 Å². The van der Waals surface area contributed by atoms with E-state index in [1.165, 1.54) is 6.92 Å². The van der Waals surface area contributed by atoms with Gasteiger partial charge in [-0.1, -0.05) is 30.3 Å². The Morgan fingerprint density at radius 1 is 1.36 bits per heavy atom. The summed E-state index contributed by atoms with van der Waals surface area (Å²) < 4.78 is 4.96. The third kappa shape index (κ3) is 2.73. The van der Waals surface area contributed by atoms with E-state index in [1.807, 2.05) is 0 Å². The summed E-state index contributed by atoms with van der Waals surface area (Å²) in [4.78, 5) is 35.5. The lowest BCUT2D eigenvalue weighted by molar-refractivity contribution is -0.579. The van der Waals surface area contributed by atoms with Crippen molar-refractivity contribution >= 4 is 11.8 Å². The molecule has 0 radical (unpaired) electrons. The lowest BCUT2D eigenvalue weighted by Crippen LogP contribution is -2.55. The number of esters is 1. The fourth-order valence-electron chi connectivity index (χ4n) is 3.15. The fourth-order valence-corrected chi connectivity index (χ4v) is 3.15. The second-order valence-electron chi connectivity index (χ2n) is 5.70. The van der Waals surface area contributed by atoms with Crippen LogP contribution in [0.5, 0.6) is 0 Å². The number of carbonyl (C=O) groups excluding carboxylic acids is 2. The van der Waals surface area contributed by atoms with E-state index in [-0.39, 0.29) is 25.2 Å². The second-order valence-corrected chi connectivity index (χ2v) is 5.70. The summed E-state index contributed by atoms with van der Waals surface area (Å²) in [6.07, 6.45) is -0.0724.